The van der Waals surface area contributed by atoms with Gasteiger partial charge in [-0.2, -0.15) is 22.0 Å². The zero-order valence-corrected chi connectivity index (χ0v) is 12.7. The molecule has 0 spiro atoms. The Hall–Kier alpha value is -0.610. The molecule has 17 heteroatoms. The summed E-state index contributed by atoms with van der Waals surface area (Å²) in [5, 5.41) is -4.74. The summed E-state index contributed by atoms with van der Waals surface area (Å²) >= 11 is 9.05. The van der Waals surface area contributed by atoms with Gasteiger partial charge in [0.25, 0.3) is 0 Å². The van der Waals surface area contributed by atoms with Gasteiger partial charge in [0.2, 0.25) is 6.10 Å². The third-order valence-corrected chi connectivity index (χ3v) is 2.00. The highest BCUT2D eigenvalue weighted by molar-refractivity contribution is 6.28. The number of ether oxygens (including phenoxy) is 2. The van der Waals surface area contributed by atoms with E-state index in [1.165, 1.54) is 13.0 Å². The van der Waals surface area contributed by atoms with Gasteiger partial charge in [0, 0.05) is 0 Å². The monoisotopic (exact) mass is 444 g/mol. The molecule has 25 heavy (non-hydrogen) atoms. The minimum atomic E-state index is -5.36. The van der Waals surface area contributed by atoms with Crippen molar-refractivity contribution in [2.75, 3.05) is 0 Å². The van der Waals surface area contributed by atoms with Crippen molar-refractivity contribution in [1.82, 2.24) is 0 Å². The first-order valence-electron chi connectivity index (χ1n) is 5.09. The second-order valence-electron chi connectivity index (χ2n) is 3.36. The van der Waals surface area contributed by atoms with Crippen LogP contribution >= 0.6 is 23.2 Å². The van der Waals surface area contributed by atoms with Gasteiger partial charge in [-0.15, -0.1) is 17.6 Å². The maximum absolute atomic E-state index is 12.5. The van der Waals surface area contributed by atoms with E-state index in [4.69, 9.17) is 0 Å². The molecule has 4 nitrogen and oxygen atoms in total. The van der Waals surface area contributed by atoms with Gasteiger partial charge >= 0.3 is 24.1 Å². The summed E-state index contributed by atoms with van der Waals surface area (Å²) in [6.45, 7) is 1.53. The average Bonchev–Trinajstić information content (AvgIpc) is 2.68. The van der Waals surface area contributed by atoms with E-state index in [0.717, 1.165) is 0 Å². The summed E-state index contributed by atoms with van der Waals surface area (Å²) in [4.78, 5) is 3.31. The fourth-order valence-electron chi connectivity index (χ4n) is 0.711. The van der Waals surface area contributed by atoms with E-state index in [0.29, 0.717) is 0 Å². The summed E-state index contributed by atoms with van der Waals surface area (Å²) < 4.78 is 130. The molecule has 0 saturated carbocycles. The zero-order valence-electron chi connectivity index (χ0n) is 11.2. The molecule has 0 bridgehead atoms. The molecule has 1 heterocycles. The Morgan fingerprint density at radius 2 is 1.44 bits per heavy atom. The summed E-state index contributed by atoms with van der Waals surface area (Å²) in [7, 11) is 0. The van der Waals surface area contributed by atoms with Crippen molar-refractivity contribution in [3.05, 3.63) is 11.4 Å². The van der Waals surface area contributed by atoms with Crippen LogP contribution in [-0.2, 0) is 19.4 Å². The first-order chi connectivity index (χ1) is 10.9. The van der Waals surface area contributed by atoms with Crippen molar-refractivity contribution in [3.8, 4) is 0 Å². The Bertz CT molecular complexity index is 419. The molecule has 2 unspecified atom stereocenters. The highest BCUT2D eigenvalue weighted by atomic mass is 35.5. The second kappa shape index (κ2) is 9.91. The summed E-state index contributed by atoms with van der Waals surface area (Å²) in [6, 6.07) is 0. The quantitative estimate of drug-likeness (QED) is 0.307. The Kier molecular flexibility index (Phi) is 10.6. The smallest absolute Gasteiger partial charge is 0.275 e. The minimum Gasteiger partial charge on any atom is -0.275 e. The van der Waals surface area contributed by atoms with E-state index < -0.39 is 35.5 Å². The maximum Gasteiger partial charge on any atom is 0.547 e. The Balaban J connectivity index is 0. The number of hydrogen-bond donors (Lipinski definition) is 0. The van der Waals surface area contributed by atoms with Crippen LogP contribution in [0.25, 0.3) is 0 Å². The zero-order chi connectivity index (χ0) is 20.7. The molecule has 0 amide bonds. The summed E-state index contributed by atoms with van der Waals surface area (Å²) in [5.74, 6) is 0. The third kappa shape index (κ3) is 11.6. The molecule has 1 aliphatic heterocycles. The molecule has 1 aliphatic rings. The number of halogens is 13. The predicted molar refractivity (Wildman–Crippen MR) is 56.7 cm³/mol. The lowest BCUT2D eigenvalue weighted by molar-refractivity contribution is -0.518. The van der Waals surface area contributed by atoms with Gasteiger partial charge in [-0.25, -0.2) is 4.74 Å². The molecule has 0 aromatic carbocycles. The van der Waals surface area contributed by atoms with Gasteiger partial charge < -0.3 is 0 Å². The van der Waals surface area contributed by atoms with E-state index in [1.807, 2.05) is 0 Å². The molecule has 1 saturated heterocycles. The molecular formula is C8H5Cl2F11O4. The topological polar surface area (TPSA) is 36.9 Å². The van der Waals surface area contributed by atoms with Crippen molar-refractivity contribution >= 4 is 23.2 Å². The summed E-state index contributed by atoms with van der Waals surface area (Å²) in [5.41, 5.74) is 0. The maximum atomic E-state index is 12.5. The normalized spacial score (nSPS) is 26.3. The van der Waals surface area contributed by atoms with Crippen molar-refractivity contribution in [1.29, 1.82) is 0 Å². The van der Waals surface area contributed by atoms with E-state index in [1.54, 1.807) is 9.88 Å². The first kappa shape index (κ1) is 26.6. The highest BCUT2D eigenvalue weighted by Gasteiger charge is 2.69. The Morgan fingerprint density at radius 3 is 1.52 bits per heavy atom. The standard InChI is InChI=1S/C4HClF6O2.C3H4ClF.CF4O2/c5-2(6)1(3(7,8)9)12-4(10,11)13-2;1-2-3(4)5;2-1(3,6-4)7-5/h1H;2H,1H3;. The molecule has 0 aliphatic carbocycles. The van der Waals surface area contributed by atoms with E-state index in [9.17, 15) is 48.6 Å². The Labute approximate surface area is 140 Å². The van der Waals surface area contributed by atoms with Crippen LogP contribution in [0.1, 0.15) is 6.92 Å². The first-order valence-corrected chi connectivity index (χ1v) is 5.84. The fourth-order valence-corrected chi connectivity index (χ4v) is 0.969. The minimum absolute atomic E-state index is 0.648. The van der Waals surface area contributed by atoms with Gasteiger partial charge in [-0.1, -0.05) is 21.5 Å². The lowest BCUT2D eigenvalue weighted by Gasteiger charge is -2.18. The number of allylic oxidation sites excluding steroid dienone is 1. The van der Waals surface area contributed by atoms with E-state index in [2.05, 4.69) is 32.7 Å². The summed E-state index contributed by atoms with van der Waals surface area (Å²) in [6.07, 6.45) is -17.1. The molecule has 1 fully saturated rings. The Morgan fingerprint density at radius 1 is 1.08 bits per heavy atom. The van der Waals surface area contributed by atoms with Crippen LogP contribution < -0.4 is 0 Å². The molecule has 0 N–H and O–H groups in total. The van der Waals surface area contributed by atoms with Crippen LogP contribution in [0.4, 0.5) is 48.6 Å². The lowest BCUT2D eigenvalue weighted by atomic mass is 10.3. The highest BCUT2D eigenvalue weighted by Crippen LogP contribution is 2.48. The van der Waals surface area contributed by atoms with Gasteiger partial charge in [-0.3, -0.25) is 4.74 Å². The lowest BCUT2D eigenvalue weighted by Crippen LogP contribution is -2.41. The van der Waals surface area contributed by atoms with Gasteiger partial charge in [0.1, 0.15) is 0 Å². The third-order valence-electron chi connectivity index (χ3n) is 1.51. The van der Waals surface area contributed by atoms with Crippen LogP contribution in [0.2, 0.25) is 0 Å². The van der Waals surface area contributed by atoms with Gasteiger partial charge in [0.15, 0.2) is 5.29 Å². The van der Waals surface area contributed by atoms with Gasteiger partial charge in [-0.05, 0) is 33.7 Å². The molecule has 0 radical (unpaired) electrons. The molecule has 0 aromatic heterocycles. The molecule has 152 valence electrons. The van der Waals surface area contributed by atoms with Crippen molar-refractivity contribution in [2.24, 2.45) is 0 Å². The molecule has 0 aromatic rings. The second-order valence-corrected chi connectivity index (χ2v) is 4.24. The molecule has 2 atom stereocenters. The van der Waals surface area contributed by atoms with Crippen LogP contribution in [0.5, 0.6) is 0 Å². The molecular weight excluding hydrogens is 440 g/mol. The predicted octanol–water partition coefficient (Wildman–Crippen LogP) is 5.77. The van der Waals surface area contributed by atoms with Crippen LogP contribution in [0, 0.1) is 0 Å². The van der Waals surface area contributed by atoms with Crippen molar-refractivity contribution in [3.63, 3.8) is 0 Å². The van der Waals surface area contributed by atoms with Crippen LogP contribution in [-0.4, -0.2) is 30.2 Å². The van der Waals surface area contributed by atoms with Crippen LogP contribution in [0.15, 0.2) is 11.4 Å². The van der Waals surface area contributed by atoms with E-state index in [-0.39, 0.29) is 0 Å². The average molecular weight is 445 g/mol. The largest absolute Gasteiger partial charge is 0.547 e. The SMILES string of the molecule is CC=C(F)Cl.FC1(F)OC(C(F)(F)F)C(F)(Cl)O1.FOC(F)(F)OF. The van der Waals surface area contributed by atoms with Crippen LogP contribution in [0.3, 0.4) is 0 Å². The number of alkyl halides is 9. The van der Waals surface area contributed by atoms with Crippen molar-refractivity contribution in [2.45, 2.75) is 37.1 Å². The van der Waals surface area contributed by atoms with E-state index >= 15 is 0 Å². The number of rotatable bonds is 2. The van der Waals surface area contributed by atoms with Gasteiger partial charge in [0.05, 0.1) is 0 Å². The molecule has 1 rings (SSSR count). The fraction of sp³-hybridized carbons (Fsp3) is 0.750. The van der Waals surface area contributed by atoms with Crippen molar-refractivity contribution < 1.29 is 67.9 Å². The number of hydrogen-bond acceptors (Lipinski definition) is 4.